The Morgan fingerprint density at radius 2 is 1.52 bits per heavy atom. The molecule has 7 fully saturated rings. The molecule has 0 aromatic rings. The first-order valence-corrected chi connectivity index (χ1v) is 22.6. The number of carbonyl (C=O) groups is 3. The molecule has 4 saturated heterocycles. The van der Waals surface area contributed by atoms with E-state index < -0.39 is 109 Å². The van der Waals surface area contributed by atoms with Crippen LogP contribution in [0.1, 0.15) is 107 Å². The Morgan fingerprint density at radius 1 is 0.803 bits per heavy atom. The zero-order valence-electron chi connectivity index (χ0n) is 36.8. The molecular weight excluding hydrogens is 796 g/mol. The zero-order valence-corrected chi connectivity index (χ0v) is 36.8. The molecule has 2 unspecified atom stereocenters. The molecule has 22 atom stereocenters. The third-order valence-electron chi connectivity index (χ3n) is 16.5. The molecule has 4 N–H and O–H groups in total. The second kappa shape index (κ2) is 17.0. The molecule has 0 aromatic carbocycles. The van der Waals surface area contributed by atoms with Gasteiger partial charge < -0.3 is 63.1 Å². The Kier molecular flexibility index (Phi) is 12.6. The summed E-state index contributed by atoms with van der Waals surface area (Å²) in [5.74, 6) is -0.657. The number of hydrogen-bond acceptors (Lipinski definition) is 16. The highest BCUT2D eigenvalue weighted by Gasteiger charge is 2.70. The predicted molar refractivity (Wildman–Crippen MR) is 212 cm³/mol. The van der Waals surface area contributed by atoms with Gasteiger partial charge in [0.05, 0.1) is 31.0 Å². The van der Waals surface area contributed by atoms with Crippen molar-refractivity contribution in [2.75, 3.05) is 13.2 Å². The van der Waals surface area contributed by atoms with E-state index in [1.54, 1.807) is 0 Å². The van der Waals surface area contributed by atoms with E-state index in [4.69, 9.17) is 42.6 Å². The second-order valence-electron chi connectivity index (χ2n) is 20.1. The number of esters is 3. The van der Waals surface area contributed by atoms with Crippen LogP contribution >= 0.6 is 0 Å². The summed E-state index contributed by atoms with van der Waals surface area (Å²) < 4.78 is 56.4. The lowest BCUT2D eigenvalue weighted by atomic mass is 9.46. The number of aliphatic hydroxyl groups is 4. The van der Waals surface area contributed by atoms with Crippen LogP contribution in [0, 0.1) is 46.3 Å². The van der Waals surface area contributed by atoms with E-state index in [0.29, 0.717) is 30.1 Å². The maximum Gasteiger partial charge on any atom is 0.303 e. The first-order valence-electron chi connectivity index (χ1n) is 22.6. The Hall–Kier alpha value is -2.25. The summed E-state index contributed by atoms with van der Waals surface area (Å²) >= 11 is 0. The van der Waals surface area contributed by atoms with Gasteiger partial charge >= 0.3 is 17.9 Å². The van der Waals surface area contributed by atoms with Gasteiger partial charge in [0.15, 0.2) is 36.7 Å². The van der Waals surface area contributed by atoms with Gasteiger partial charge in [-0.1, -0.05) is 39.3 Å². The monoisotopic (exact) mass is 864 g/mol. The van der Waals surface area contributed by atoms with Crippen LogP contribution in [0.25, 0.3) is 0 Å². The minimum atomic E-state index is -1.75. The highest BCUT2D eigenvalue weighted by molar-refractivity contribution is 5.68. The van der Waals surface area contributed by atoms with Gasteiger partial charge in [-0.15, -0.1) is 0 Å². The fourth-order valence-corrected chi connectivity index (χ4v) is 13.5. The molecule has 61 heavy (non-hydrogen) atoms. The van der Waals surface area contributed by atoms with Crippen molar-refractivity contribution in [2.24, 2.45) is 46.3 Å². The van der Waals surface area contributed by atoms with Crippen molar-refractivity contribution in [1.82, 2.24) is 0 Å². The van der Waals surface area contributed by atoms with Crippen molar-refractivity contribution < 1.29 is 77.4 Å². The number of fused-ring (bicyclic) bond motifs is 7. The third kappa shape index (κ3) is 7.90. The highest BCUT2D eigenvalue weighted by atomic mass is 16.8. The van der Waals surface area contributed by atoms with E-state index in [2.05, 4.69) is 33.8 Å². The Morgan fingerprint density at radius 3 is 2.20 bits per heavy atom. The summed E-state index contributed by atoms with van der Waals surface area (Å²) in [6.07, 6.45) is -6.89. The first-order chi connectivity index (χ1) is 28.8. The minimum Gasteiger partial charge on any atom is -0.463 e. The van der Waals surface area contributed by atoms with E-state index in [0.717, 1.165) is 50.7 Å². The summed E-state index contributed by atoms with van der Waals surface area (Å²) in [5.41, 5.74) is 0.557. The number of aliphatic hydroxyl groups excluding tert-OH is 4. The Balaban J connectivity index is 1.12. The molecule has 16 heteroatoms. The molecule has 0 bridgehead atoms. The van der Waals surface area contributed by atoms with Crippen molar-refractivity contribution in [1.29, 1.82) is 0 Å². The second-order valence-corrected chi connectivity index (χ2v) is 20.1. The SMILES string of the molecule is CC(=O)OC[C@H]1O[C@@H](O[C@@H]2C[C@H](O)CC3=CC[C@@H]4[C@H](CC[C@]5(C)C6C(C[C@@H]45)O[C@]4(CC[C@@H](C)CO4)[C@H]6C)[C@]32C)[C@H](O[C@@H]2O[C@@H](C)[C@H](O)[C@@H](O)[C@H]2O)[C@@H](OC(C)=O)[C@H]1OC(C)=O. The Bertz CT molecular complexity index is 1680. The smallest absolute Gasteiger partial charge is 0.303 e. The van der Waals surface area contributed by atoms with Gasteiger partial charge in [0.1, 0.15) is 31.0 Å². The lowest BCUT2D eigenvalue weighted by Crippen LogP contribution is -2.66. The molecule has 16 nitrogen and oxygen atoms in total. The molecular formula is C45H68O16. The fourth-order valence-electron chi connectivity index (χ4n) is 13.5. The molecule has 0 aromatic heterocycles. The fraction of sp³-hybridized carbons (Fsp3) is 0.889. The van der Waals surface area contributed by atoms with Gasteiger partial charge in [0.2, 0.25) is 0 Å². The van der Waals surface area contributed by atoms with Gasteiger partial charge in [-0.2, -0.15) is 0 Å². The van der Waals surface area contributed by atoms with Gasteiger partial charge in [-0.05, 0) is 80.5 Å². The van der Waals surface area contributed by atoms with E-state index in [-0.39, 0.29) is 29.8 Å². The average Bonchev–Trinajstić information content (AvgIpc) is 3.64. The Labute approximate surface area is 358 Å². The largest absolute Gasteiger partial charge is 0.463 e. The summed E-state index contributed by atoms with van der Waals surface area (Å²) in [5, 5.41) is 43.8. The molecule has 1 spiro atoms. The van der Waals surface area contributed by atoms with Crippen molar-refractivity contribution >= 4 is 17.9 Å². The summed E-state index contributed by atoms with van der Waals surface area (Å²) in [6.45, 7) is 14.6. The van der Waals surface area contributed by atoms with Crippen LogP contribution in [0.4, 0.5) is 0 Å². The normalized spacial score (nSPS) is 51.6. The van der Waals surface area contributed by atoms with E-state index in [9.17, 15) is 34.8 Å². The minimum absolute atomic E-state index is 0.0435. The molecule has 4 aliphatic heterocycles. The molecule has 8 rings (SSSR count). The van der Waals surface area contributed by atoms with Gasteiger partial charge in [-0.25, -0.2) is 0 Å². The van der Waals surface area contributed by atoms with Crippen LogP contribution in [0.15, 0.2) is 11.6 Å². The maximum atomic E-state index is 12.8. The number of hydrogen-bond donors (Lipinski definition) is 4. The summed E-state index contributed by atoms with van der Waals surface area (Å²) in [6, 6.07) is 0. The van der Waals surface area contributed by atoms with Crippen molar-refractivity contribution in [3.05, 3.63) is 11.6 Å². The van der Waals surface area contributed by atoms with E-state index in [1.807, 2.05) is 0 Å². The lowest BCUT2D eigenvalue weighted by Gasteiger charge is -2.60. The number of rotatable bonds is 8. The van der Waals surface area contributed by atoms with Gasteiger partial charge in [-0.3, -0.25) is 14.4 Å². The standard InChI is InChI=1S/C45H68O16/c1-20-11-14-45(54-18-20)21(2)34-31(61-45)17-30-28-10-9-26-15-27(49)16-33(44(26,8)29(28)12-13-43(30,34)7)59-42-40(60-41-37(52)36(51)35(50)22(3)55-41)39(57-25(6)48)38(56-24(5)47)32(58-42)19-53-23(4)46/h9,20-22,27-42,49-52H,10-19H2,1-8H3/t20-,21+,22+,27-,28-,29+,30+,31?,32-,33-,34?,35+,36-,37-,38+,39+,40-,41+,42+,43+,44+,45-/m1/s1. The van der Waals surface area contributed by atoms with Crippen LogP contribution < -0.4 is 0 Å². The molecule has 0 amide bonds. The third-order valence-corrected chi connectivity index (χ3v) is 16.5. The molecule has 4 heterocycles. The molecule has 3 saturated carbocycles. The molecule has 4 aliphatic carbocycles. The van der Waals surface area contributed by atoms with E-state index in [1.165, 1.54) is 27.7 Å². The van der Waals surface area contributed by atoms with Crippen LogP contribution in [-0.4, -0.2) is 137 Å². The number of allylic oxidation sites excluding steroid dienone is 1. The van der Waals surface area contributed by atoms with E-state index >= 15 is 0 Å². The van der Waals surface area contributed by atoms with Crippen molar-refractivity contribution in [3.8, 4) is 0 Å². The van der Waals surface area contributed by atoms with Gasteiger partial charge in [0.25, 0.3) is 0 Å². The van der Waals surface area contributed by atoms with Crippen molar-refractivity contribution in [2.45, 2.75) is 192 Å². The first kappa shape index (κ1) is 45.3. The lowest BCUT2D eigenvalue weighted by molar-refractivity contribution is -0.375. The summed E-state index contributed by atoms with van der Waals surface area (Å²) in [7, 11) is 0. The quantitative estimate of drug-likeness (QED) is 0.157. The molecule has 344 valence electrons. The number of ether oxygens (including phenoxy) is 9. The molecule has 0 radical (unpaired) electrons. The average molecular weight is 865 g/mol. The number of carbonyl (C=O) groups excluding carboxylic acids is 3. The zero-order chi connectivity index (χ0) is 43.9. The maximum absolute atomic E-state index is 12.8. The van der Waals surface area contributed by atoms with Gasteiger partial charge in [0, 0.05) is 44.9 Å². The summed E-state index contributed by atoms with van der Waals surface area (Å²) in [4.78, 5) is 37.5. The van der Waals surface area contributed by atoms with Crippen LogP contribution in [0.2, 0.25) is 0 Å². The van der Waals surface area contributed by atoms with Crippen LogP contribution in [0.3, 0.4) is 0 Å². The highest BCUT2D eigenvalue weighted by Crippen LogP contribution is 2.71. The topological polar surface area (TPSA) is 215 Å². The van der Waals surface area contributed by atoms with Crippen LogP contribution in [-0.2, 0) is 57.0 Å². The van der Waals surface area contributed by atoms with Crippen LogP contribution in [0.5, 0.6) is 0 Å². The molecule has 8 aliphatic rings. The van der Waals surface area contributed by atoms with Crippen molar-refractivity contribution in [3.63, 3.8) is 0 Å². The predicted octanol–water partition coefficient (Wildman–Crippen LogP) is 3.07.